The molecule has 3 aromatic rings. The fourth-order valence-corrected chi connectivity index (χ4v) is 3.96. The van der Waals surface area contributed by atoms with Gasteiger partial charge >= 0.3 is 0 Å². The molecule has 4 N–H and O–H groups in total. The van der Waals surface area contributed by atoms with Crippen LogP contribution in [0.4, 0.5) is 23.0 Å². The summed E-state index contributed by atoms with van der Waals surface area (Å²) in [5.74, 6) is 0.397. The summed E-state index contributed by atoms with van der Waals surface area (Å²) >= 11 is 0. The minimum Gasteiger partial charge on any atom is -0.394 e. The molecule has 9 nitrogen and oxygen atoms in total. The van der Waals surface area contributed by atoms with Crippen molar-refractivity contribution in [1.82, 2.24) is 14.9 Å². The predicted octanol–water partition coefficient (Wildman–Crippen LogP) is 2.32. The van der Waals surface area contributed by atoms with Crippen LogP contribution < -0.4 is 15.5 Å². The van der Waals surface area contributed by atoms with Crippen molar-refractivity contribution in [3.8, 4) is 11.3 Å². The number of benzene rings is 2. The topological polar surface area (TPSA) is 114 Å². The molecule has 4 rings (SSSR count). The standard InChI is InChI=1S/C25H30N6O3/c1-18(33)27-20-7-5-19(6-8-20)24-9-10-26-25(29-24)28-21-3-2-4-22(15-21)31-13-11-30(12-14-31)16-23(34)17-32/h2-10,15,23,32,34H,11-14,16-17H2,1H3,(H,27,33)(H,26,28,29). The van der Waals surface area contributed by atoms with Crippen molar-refractivity contribution in [2.45, 2.75) is 13.0 Å². The molecule has 1 unspecified atom stereocenters. The smallest absolute Gasteiger partial charge is 0.227 e. The Bertz CT molecular complexity index is 1100. The Morgan fingerprint density at radius 2 is 1.82 bits per heavy atom. The number of amides is 1. The number of aliphatic hydroxyl groups excluding tert-OH is 2. The van der Waals surface area contributed by atoms with Gasteiger partial charge in [0, 0.05) is 68.5 Å². The van der Waals surface area contributed by atoms with E-state index in [2.05, 4.69) is 42.5 Å². The largest absolute Gasteiger partial charge is 0.394 e. The number of carbonyl (C=O) groups is 1. The van der Waals surface area contributed by atoms with Crippen molar-refractivity contribution in [3.63, 3.8) is 0 Å². The summed E-state index contributed by atoms with van der Waals surface area (Å²) in [5, 5.41) is 24.8. The van der Waals surface area contributed by atoms with Crippen molar-refractivity contribution >= 4 is 28.9 Å². The quantitative estimate of drug-likeness (QED) is 0.403. The molecule has 9 heteroatoms. The SMILES string of the molecule is CC(=O)Nc1ccc(-c2ccnc(Nc3cccc(N4CCN(CC(O)CO)CC4)c3)n2)cc1. The number of hydrogen-bond donors (Lipinski definition) is 4. The fraction of sp³-hybridized carbons (Fsp3) is 0.320. The molecule has 1 saturated heterocycles. The molecule has 0 bridgehead atoms. The van der Waals surface area contributed by atoms with Gasteiger partial charge in [0.05, 0.1) is 18.4 Å². The summed E-state index contributed by atoms with van der Waals surface area (Å²) in [7, 11) is 0. The van der Waals surface area contributed by atoms with Crippen LogP contribution in [0, 0.1) is 0 Å². The molecule has 0 aliphatic carbocycles. The minimum atomic E-state index is -0.690. The third-order valence-corrected chi connectivity index (χ3v) is 5.68. The van der Waals surface area contributed by atoms with E-state index in [1.807, 2.05) is 42.5 Å². The van der Waals surface area contributed by atoms with Crippen molar-refractivity contribution in [2.24, 2.45) is 0 Å². The van der Waals surface area contributed by atoms with Crippen LogP contribution in [0.15, 0.2) is 60.8 Å². The molecule has 2 heterocycles. The average molecular weight is 463 g/mol. The molecule has 1 amide bonds. The lowest BCUT2D eigenvalue weighted by atomic mass is 10.1. The molecule has 0 spiro atoms. The summed E-state index contributed by atoms with van der Waals surface area (Å²) in [4.78, 5) is 24.7. The molecule has 1 fully saturated rings. The first-order valence-electron chi connectivity index (χ1n) is 11.3. The zero-order valence-corrected chi connectivity index (χ0v) is 19.2. The maximum Gasteiger partial charge on any atom is 0.227 e. The highest BCUT2D eigenvalue weighted by atomic mass is 16.3. The Hall–Kier alpha value is -3.53. The Labute approximate surface area is 199 Å². The van der Waals surface area contributed by atoms with Crippen molar-refractivity contribution < 1.29 is 15.0 Å². The minimum absolute atomic E-state index is 0.106. The molecule has 1 aromatic heterocycles. The Balaban J connectivity index is 1.40. The van der Waals surface area contributed by atoms with Crippen LogP contribution >= 0.6 is 0 Å². The van der Waals surface area contributed by atoms with Gasteiger partial charge < -0.3 is 25.7 Å². The van der Waals surface area contributed by atoms with E-state index in [0.29, 0.717) is 12.5 Å². The lowest BCUT2D eigenvalue weighted by Crippen LogP contribution is -2.49. The number of nitrogens with zero attached hydrogens (tertiary/aromatic N) is 4. The van der Waals surface area contributed by atoms with Gasteiger partial charge in [0.1, 0.15) is 0 Å². The second-order valence-electron chi connectivity index (χ2n) is 8.32. The zero-order valence-electron chi connectivity index (χ0n) is 19.2. The number of hydrogen-bond acceptors (Lipinski definition) is 8. The second kappa shape index (κ2) is 11.1. The number of rotatable bonds is 8. The third-order valence-electron chi connectivity index (χ3n) is 5.68. The normalized spacial score (nSPS) is 15.1. The number of piperazine rings is 1. The van der Waals surface area contributed by atoms with Gasteiger partial charge in [0.25, 0.3) is 0 Å². The van der Waals surface area contributed by atoms with Crippen molar-refractivity contribution in [3.05, 3.63) is 60.8 Å². The first kappa shape index (κ1) is 23.6. The highest BCUT2D eigenvalue weighted by Crippen LogP contribution is 2.24. The van der Waals surface area contributed by atoms with E-state index in [1.54, 1.807) is 6.20 Å². The van der Waals surface area contributed by atoms with Crippen LogP contribution in [0.25, 0.3) is 11.3 Å². The van der Waals surface area contributed by atoms with Crippen LogP contribution in [0.2, 0.25) is 0 Å². The van der Waals surface area contributed by atoms with E-state index in [9.17, 15) is 9.90 Å². The monoisotopic (exact) mass is 462 g/mol. The van der Waals surface area contributed by atoms with Crippen LogP contribution in [0.5, 0.6) is 0 Å². The Morgan fingerprint density at radius 1 is 1.06 bits per heavy atom. The van der Waals surface area contributed by atoms with Gasteiger partial charge in [0.2, 0.25) is 11.9 Å². The highest BCUT2D eigenvalue weighted by molar-refractivity contribution is 5.88. The molecular formula is C25H30N6O3. The molecule has 0 radical (unpaired) electrons. The van der Waals surface area contributed by atoms with E-state index < -0.39 is 6.10 Å². The van der Waals surface area contributed by atoms with Crippen molar-refractivity contribution in [1.29, 1.82) is 0 Å². The Kier molecular flexibility index (Phi) is 7.69. The summed E-state index contributed by atoms with van der Waals surface area (Å²) in [5.41, 5.74) is 4.46. The molecule has 178 valence electrons. The zero-order chi connectivity index (χ0) is 23.9. The lowest BCUT2D eigenvalue weighted by Gasteiger charge is -2.36. The summed E-state index contributed by atoms with van der Waals surface area (Å²) in [6.07, 6.45) is 1.03. The van der Waals surface area contributed by atoms with Gasteiger partial charge in [-0.05, 0) is 36.4 Å². The van der Waals surface area contributed by atoms with E-state index in [1.165, 1.54) is 6.92 Å². The number of anilines is 4. The van der Waals surface area contributed by atoms with Crippen LogP contribution in [0.3, 0.4) is 0 Å². The average Bonchev–Trinajstić information content (AvgIpc) is 2.85. The first-order chi connectivity index (χ1) is 16.5. The van der Waals surface area contributed by atoms with E-state index in [-0.39, 0.29) is 12.5 Å². The van der Waals surface area contributed by atoms with Gasteiger partial charge in [-0.3, -0.25) is 9.69 Å². The molecule has 0 saturated carbocycles. The third kappa shape index (κ3) is 6.28. The second-order valence-corrected chi connectivity index (χ2v) is 8.32. The lowest BCUT2D eigenvalue weighted by molar-refractivity contribution is -0.114. The maximum atomic E-state index is 11.2. The molecule has 1 aliphatic heterocycles. The van der Waals surface area contributed by atoms with Crippen LogP contribution in [-0.2, 0) is 4.79 Å². The van der Waals surface area contributed by atoms with Gasteiger partial charge in [-0.2, -0.15) is 0 Å². The summed E-state index contributed by atoms with van der Waals surface area (Å²) < 4.78 is 0. The first-order valence-corrected chi connectivity index (χ1v) is 11.3. The predicted molar refractivity (Wildman–Crippen MR) is 133 cm³/mol. The van der Waals surface area contributed by atoms with E-state index in [0.717, 1.165) is 54.5 Å². The fourth-order valence-electron chi connectivity index (χ4n) is 3.96. The molecule has 34 heavy (non-hydrogen) atoms. The number of aliphatic hydroxyl groups is 2. The molecule has 1 atom stereocenters. The van der Waals surface area contributed by atoms with E-state index in [4.69, 9.17) is 5.11 Å². The van der Waals surface area contributed by atoms with Crippen LogP contribution in [-0.4, -0.2) is 76.4 Å². The van der Waals surface area contributed by atoms with Crippen LogP contribution in [0.1, 0.15) is 6.92 Å². The van der Waals surface area contributed by atoms with Gasteiger partial charge in [-0.15, -0.1) is 0 Å². The van der Waals surface area contributed by atoms with Gasteiger partial charge in [0.15, 0.2) is 0 Å². The number of nitrogens with one attached hydrogen (secondary N) is 2. The van der Waals surface area contributed by atoms with Gasteiger partial charge in [-0.1, -0.05) is 18.2 Å². The number of β-amino-alcohol motifs (C(OH)–C–C–N with tert-alkyl or cyclic N) is 1. The van der Waals surface area contributed by atoms with Gasteiger partial charge in [-0.25, -0.2) is 9.97 Å². The summed E-state index contributed by atoms with van der Waals surface area (Å²) in [6.45, 7) is 5.14. The molecule has 1 aliphatic rings. The molecule has 2 aromatic carbocycles. The van der Waals surface area contributed by atoms with Crippen molar-refractivity contribution in [2.75, 3.05) is 54.9 Å². The molecular weight excluding hydrogens is 432 g/mol. The maximum absolute atomic E-state index is 11.2. The Morgan fingerprint density at radius 3 is 2.53 bits per heavy atom. The highest BCUT2D eigenvalue weighted by Gasteiger charge is 2.19. The van der Waals surface area contributed by atoms with E-state index >= 15 is 0 Å². The number of carbonyl (C=O) groups excluding carboxylic acids is 1. The number of aromatic nitrogens is 2. The summed E-state index contributed by atoms with van der Waals surface area (Å²) in [6, 6.07) is 17.5.